The Hall–Kier alpha value is -0.730. The quantitative estimate of drug-likeness (QED) is 0.343. The fourth-order valence-corrected chi connectivity index (χ4v) is 0.810. The van der Waals surface area contributed by atoms with Crippen LogP contribution in [0.4, 0.5) is 0 Å². The Balaban J connectivity index is 3.97. The van der Waals surface area contributed by atoms with Crippen LogP contribution in [-0.4, -0.2) is 20.3 Å². The van der Waals surface area contributed by atoms with Gasteiger partial charge in [-0.15, -0.1) is 0 Å². The van der Waals surface area contributed by atoms with Crippen molar-refractivity contribution in [2.24, 2.45) is 10.5 Å². The molecule has 1 unspecified atom stereocenters. The number of azide groups is 1. The van der Waals surface area contributed by atoms with Gasteiger partial charge in [-0.2, -0.15) is 0 Å². The van der Waals surface area contributed by atoms with E-state index in [1.807, 2.05) is 6.92 Å². The highest BCUT2D eigenvalue weighted by Gasteiger charge is 2.20. The molecule has 0 spiro atoms. The van der Waals surface area contributed by atoms with E-state index in [1.54, 1.807) is 7.11 Å². The molecule has 0 heterocycles. The molecular formula is C7H15N3O. The summed E-state index contributed by atoms with van der Waals surface area (Å²) in [5.41, 5.74) is 8.11. The van der Waals surface area contributed by atoms with Gasteiger partial charge in [0.05, 0.1) is 6.61 Å². The number of methoxy groups -OCH3 is 1. The van der Waals surface area contributed by atoms with E-state index in [0.29, 0.717) is 13.2 Å². The molecule has 11 heavy (non-hydrogen) atoms. The van der Waals surface area contributed by atoms with Crippen molar-refractivity contribution < 1.29 is 4.74 Å². The van der Waals surface area contributed by atoms with Crippen molar-refractivity contribution in [3.63, 3.8) is 0 Å². The molecule has 0 N–H and O–H groups in total. The van der Waals surface area contributed by atoms with Crippen molar-refractivity contribution >= 4 is 0 Å². The summed E-state index contributed by atoms with van der Waals surface area (Å²) in [5.74, 6) is 0. The maximum atomic E-state index is 8.11. The Morgan fingerprint density at radius 1 is 1.64 bits per heavy atom. The zero-order valence-electron chi connectivity index (χ0n) is 7.37. The van der Waals surface area contributed by atoms with Crippen LogP contribution in [0.1, 0.15) is 20.3 Å². The molecule has 0 saturated heterocycles. The first kappa shape index (κ1) is 10.3. The third-order valence-electron chi connectivity index (χ3n) is 1.86. The van der Waals surface area contributed by atoms with Gasteiger partial charge in [0.1, 0.15) is 0 Å². The van der Waals surface area contributed by atoms with Crippen LogP contribution in [0.25, 0.3) is 10.4 Å². The predicted octanol–water partition coefficient (Wildman–Crippen LogP) is 2.36. The average molecular weight is 157 g/mol. The van der Waals surface area contributed by atoms with Crippen LogP contribution in [0.5, 0.6) is 0 Å². The van der Waals surface area contributed by atoms with Crippen molar-refractivity contribution in [3.8, 4) is 0 Å². The smallest absolute Gasteiger partial charge is 0.0517 e. The molecule has 0 amide bonds. The first-order valence-corrected chi connectivity index (χ1v) is 3.68. The van der Waals surface area contributed by atoms with Crippen LogP contribution >= 0.6 is 0 Å². The van der Waals surface area contributed by atoms with E-state index in [1.165, 1.54) is 0 Å². The summed E-state index contributed by atoms with van der Waals surface area (Å²) >= 11 is 0. The number of nitrogens with zero attached hydrogens (tertiary/aromatic N) is 3. The largest absolute Gasteiger partial charge is 0.384 e. The molecular weight excluding hydrogens is 142 g/mol. The average Bonchev–Trinajstić information content (AvgIpc) is 2.02. The Morgan fingerprint density at radius 2 is 2.27 bits per heavy atom. The summed E-state index contributed by atoms with van der Waals surface area (Å²) in [6, 6.07) is 0. The van der Waals surface area contributed by atoms with Gasteiger partial charge in [-0.1, -0.05) is 19.0 Å². The minimum Gasteiger partial charge on any atom is -0.384 e. The first-order valence-electron chi connectivity index (χ1n) is 3.68. The lowest BCUT2D eigenvalue weighted by molar-refractivity contribution is 0.0947. The topological polar surface area (TPSA) is 58.0 Å². The maximum absolute atomic E-state index is 8.11. The van der Waals surface area contributed by atoms with Crippen LogP contribution in [0.2, 0.25) is 0 Å². The van der Waals surface area contributed by atoms with E-state index < -0.39 is 0 Å². The molecule has 0 aliphatic heterocycles. The zero-order valence-corrected chi connectivity index (χ0v) is 7.37. The standard InChI is InChI=1S/C7H15N3O/c1-4-7(2,6-11-3)5-9-10-8/h4-6H2,1-3H3. The van der Waals surface area contributed by atoms with E-state index >= 15 is 0 Å². The highest BCUT2D eigenvalue weighted by Crippen LogP contribution is 2.21. The Bertz CT molecular complexity index is 154. The minimum absolute atomic E-state index is 0.000972. The van der Waals surface area contributed by atoms with Crippen molar-refractivity contribution in [1.29, 1.82) is 0 Å². The van der Waals surface area contributed by atoms with Gasteiger partial charge in [-0.05, 0) is 17.4 Å². The Kier molecular flexibility index (Phi) is 4.66. The summed E-state index contributed by atoms with van der Waals surface area (Å²) in [7, 11) is 1.66. The Morgan fingerprint density at radius 3 is 2.64 bits per heavy atom. The minimum atomic E-state index is 0.000972. The zero-order chi connectivity index (χ0) is 8.74. The molecule has 0 saturated carbocycles. The van der Waals surface area contributed by atoms with Crippen molar-refractivity contribution in [3.05, 3.63) is 10.4 Å². The second-order valence-corrected chi connectivity index (χ2v) is 2.99. The summed E-state index contributed by atoms with van der Waals surface area (Å²) in [6.45, 7) is 5.26. The van der Waals surface area contributed by atoms with Crippen LogP contribution in [0.15, 0.2) is 5.11 Å². The molecule has 0 aromatic carbocycles. The molecule has 0 aliphatic carbocycles. The highest BCUT2D eigenvalue weighted by molar-refractivity contribution is 4.74. The molecule has 0 rings (SSSR count). The van der Waals surface area contributed by atoms with E-state index in [2.05, 4.69) is 16.9 Å². The van der Waals surface area contributed by atoms with Crippen LogP contribution in [0.3, 0.4) is 0 Å². The van der Waals surface area contributed by atoms with Crippen molar-refractivity contribution in [2.45, 2.75) is 20.3 Å². The fraction of sp³-hybridized carbons (Fsp3) is 1.00. The number of hydrogen-bond acceptors (Lipinski definition) is 2. The molecule has 4 heteroatoms. The molecule has 0 aromatic rings. The second-order valence-electron chi connectivity index (χ2n) is 2.99. The lowest BCUT2D eigenvalue weighted by atomic mass is 9.89. The number of hydrogen-bond donors (Lipinski definition) is 0. The SMILES string of the molecule is CCC(C)(CN=[N+]=[N-])COC. The first-order chi connectivity index (χ1) is 5.18. The summed E-state index contributed by atoms with van der Waals surface area (Å²) in [6.07, 6.45) is 0.958. The van der Waals surface area contributed by atoms with Crippen LogP contribution < -0.4 is 0 Å². The van der Waals surface area contributed by atoms with E-state index in [9.17, 15) is 0 Å². The van der Waals surface area contributed by atoms with E-state index in [4.69, 9.17) is 10.3 Å². The van der Waals surface area contributed by atoms with Crippen LogP contribution in [-0.2, 0) is 4.74 Å². The van der Waals surface area contributed by atoms with Gasteiger partial charge in [0.2, 0.25) is 0 Å². The molecule has 0 aliphatic rings. The maximum Gasteiger partial charge on any atom is 0.0517 e. The fourth-order valence-electron chi connectivity index (χ4n) is 0.810. The second kappa shape index (κ2) is 4.99. The van der Waals surface area contributed by atoms with Gasteiger partial charge >= 0.3 is 0 Å². The molecule has 64 valence electrons. The normalized spacial score (nSPS) is 15.2. The third kappa shape index (κ3) is 3.86. The van der Waals surface area contributed by atoms with Gasteiger partial charge in [0.15, 0.2) is 0 Å². The van der Waals surface area contributed by atoms with Crippen molar-refractivity contribution in [2.75, 3.05) is 20.3 Å². The summed E-state index contributed by atoms with van der Waals surface area (Å²) < 4.78 is 5.01. The van der Waals surface area contributed by atoms with Gasteiger partial charge in [0.25, 0.3) is 0 Å². The van der Waals surface area contributed by atoms with Crippen LogP contribution in [0, 0.1) is 5.41 Å². The summed E-state index contributed by atoms with van der Waals surface area (Å²) in [5, 5.41) is 3.53. The molecule has 4 nitrogen and oxygen atoms in total. The van der Waals surface area contributed by atoms with Crippen molar-refractivity contribution in [1.82, 2.24) is 0 Å². The molecule has 0 aromatic heterocycles. The predicted molar refractivity (Wildman–Crippen MR) is 44.3 cm³/mol. The molecule has 1 atom stereocenters. The lowest BCUT2D eigenvalue weighted by Crippen LogP contribution is -2.24. The van der Waals surface area contributed by atoms with E-state index in [-0.39, 0.29) is 5.41 Å². The van der Waals surface area contributed by atoms with Gasteiger partial charge in [-0.25, -0.2) is 0 Å². The number of ether oxygens (including phenoxy) is 1. The summed E-state index contributed by atoms with van der Waals surface area (Å²) in [4.78, 5) is 2.72. The Labute approximate surface area is 67.2 Å². The highest BCUT2D eigenvalue weighted by atomic mass is 16.5. The lowest BCUT2D eigenvalue weighted by Gasteiger charge is -2.24. The monoisotopic (exact) mass is 157 g/mol. The van der Waals surface area contributed by atoms with Gasteiger partial charge < -0.3 is 4.74 Å². The number of rotatable bonds is 5. The molecule has 0 radical (unpaired) electrons. The van der Waals surface area contributed by atoms with E-state index in [0.717, 1.165) is 6.42 Å². The third-order valence-corrected chi connectivity index (χ3v) is 1.86. The van der Waals surface area contributed by atoms with Gasteiger partial charge in [-0.3, -0.25) is 0 Å². The van der Waals surface area contributed by atoms with Gasteiger partial charge in [0, 0.05) is 18.6 Å². The molecule has 0 fully saturated rings. The molecule has 0 bridgehead atoms.